The summed E-state index contributed by atoms with van der Waals surface area (Å²) < 4.78 is 4.79. The van der Waals surface area contributed by atoms with Gasteiger partial charge in [0.25, 0.3) is 11.6 Å². The molecule has 0 fully saturated rings. The third-order valence-corrected chi connectivity index (χ3v) is 3.57. The zero-order valence-corrected chi connectivity index (χ0v) is 14.5. The molecule has 0 heterocycles. The molecule has 0 aliphatic heterocycles. The summed E-state index contributed by atoms with van der Waals surface area (Å²) in [7, 11) is 0. The number of para-hydroxylation sites is 1. The van der Waals surface area contributed by atoms with Gasteiger partial charge in [-0.25, -0.2) is 4.79 Å². The van der Waals surface area contributed by atoms with Gasteiger partial charge in [-0.15, -0.1) is 0 Å². The van der Waals surface area contributed by atoms with Gasteiger partial charge in [-0.1, -0.05) is 29.8 Å². The Hall–Kier alpha value is -3.70. The number of rotatable bonds is 6. The summed E-state index contributed by atoms with van der Waals surface area (Å²) in [5.74, 6) is -1.42. The smallest absolute Gasteiger partial charge is 0.331 e. The van der Waals surface area contributed by atoms with E-state index in [1.165, 1.54) is 30.3 Å². The molecule has 136 valence electrons. The van der Waals surface area contributed by atoms with Gasteiger partial charge in [-0.05, 0) is 29.8 Å². The lowest BCUT2D eigenvalue weighted by Gasteiger charge is -2.06. The second kappa shape index (κ2) is 9.12. The van der Waals surface area contributed by atoms with Crippen LogP contribution in [-0.4, -0.2) is 23.4 Å². The van der Waals surface area contributed by atoms with E-state index in [9.17, 15) is 19.7 Å². The fourth-order valence-corrected chi connectivity index (χ4v) is 2.18. The second-order valence-corrected chi connectivity index (χ2v) is 5.52. The highest BCUT2D eigenvalue weighted by Gasteiger charge is 2.12. The van der Waals surface area contributed by atoms with Crippen molar-refractivity contribution in [1.82, 2.24) is 0 Å². The molecule has 1 N–H and O–H groups in total. The minimum Gasteiger partial charge on any atom is -0.452 e. The van der Waals surface area contributed by atoms with Gasteiger partial charge < -0.3 is 10.1 Å². The lowest BCUT2D eigenvalue weighted by Crippen LogP contribution is -2.20. The molecule has 9 heteroatoms. The predicted molar refractivity (Wildman–Crippen MR) is 97.9 cm³/mol. The molecule has 0 aliphatic rings. The number of esters is 1. The van der Waals surface area contributed by atoms with Gasteiger partial charge in [0.05, 0.1) is 16.2 Å². The fraction of sp³-hybridized carbons (Fsp3) is 0.0556. The van der Waals surface area contributed by atoms with E-state index in [1.54, 1.807) is 18.2 Å². The van der Waals surface area contributed by atoms with Crippen molar-refractivity contribution in [3.05, 3.63) is 74.8 Å². The summed E-state index contributed by atoms with van der Waals surface area (Å²) >= 11 is 5.70. The van der Waals surface area contributed by atoms with Crippen molar-refractivity contribution < 1.29 is 19.2 Å². The number of benzene rings is 2. The Morgan fingerprint density at radius 1 is 1.30 bits per heavy atom. The molecule has 0 saturated carbocycles. The van der Waals surface area contributed by atoms with E-state index < -0.39 is 23.4 Å². The standard InChI is InChI=1S/C18H12ClN3O5/c19-14-7-5-12(9-16(14)22(25)26)6-8-18(24)27-11-17(23)21-15-4-2-1-3-13(15)10-20/h1-9H,11H2,(H,21,23)/b8-6+. The Kier molecular flexibility index (Phi) is 6.63. The molecule has 0 aliphatic carbocycles. The number of nitrogens with zero attached hydrogens (tertiary/aromatic N) is 2. The Balaban J connectivity index is 1.91. The number of carbonyl (C=O) groups is 2. The molecule has 0 unspecified atom stereocenters. The van der Waals surface area contributed by atoms with Crippen LogP contribution in [-0.2, 0) is 14.3 Å². The molecule has 8 nitrogen and oxygen atoms in total. The van der Waals surface area contributed by atoms with Crippen molar-refractivity contribution in [2.75, 3.05) is 11.9 Å². The number of halogens is 1. The number of nitriles is 1. The molecular weight excluding hydrogens is 374 g/mol. The molecule has 0 saturated heterocycles. The van der Waals surface area contributed by atoms with Crippen molar-refractivity contribution in [3.63, 3.8) is 0 Å². The van der Waals surface area contributed by atoms with Gasteiger partial charge in [-0.2, -0.15) is 5.26 Å². The van der Waals surface area contributed by atoms with Crippen molar-refractivity contribution in [3.8, 4) is 6.07 Å². The van der Waals surface area contributed by atoms with Crippen LogP contribution in [0, 0.1) is 21.4 Å². The van der Waals surface area contributed by atoms with E-state index in [0.29, 0.717) is 11.3 Å². The maximum absolute atomic E-state index is 11.8. The Morgan fingerprint density at radius 2 is 2.04 bits per heavy atom. The third-order valence-electron chi connectivity index (χ3n) is 3.25. The molecule has 1 amide bonds. The molecule has 27 heavy (non-hydrogen) atoms. The van der Waals surface area contributed by atoms with Gasteiger partial charge in [0, 0.05) is 12.1 Å². The number of anilines is 1. The number of nitrogens with one attached hydrogen (secondary N) is 1. The van der Waals surface area contributed by atoms with Crippen LogP contribution in [0.2, 0.25) is 5.02 Å². The van der Waals surface area contributed by atoms with E-state index in [-0.39, 0.29) is 16.3 Å². The van der Waals surface area contributed by atoms with Crippen molar-refractivity contribution in [1.29, 1.82) is 5.26 Å². The van der Waals surface area contributed by atoms with Crippen LogP contribution in [0.5, 0.6) is 0 Å². The number of nitro benzene ring substituents is 1. The van der Waals surface area contributed by atoms with E-state index in [4.69, 9.17) is 21.6 Å². The molecule has 0 atom stereocenters. The quantitative estimate of drug-likeness (QED) is 0.352. The molecule has 2 aromatic carbocycles. The Labute approximate surface area is 158 Å². The number of carbonyl (C=O) groups excluding carboxylic acids is 2. The van der Waals surface area contributed by atoms with E-state index in [0.717, 1.165) is 6.08 Å². The third kappa shape index (κ3) is 5.66. The maximum Gasteiger partial charge on any atom is 0.331 e. The molecule has 0 bridgehead atoms. The lowest BCUT2D eigenvalue weighted by atomic mass is 10.2. The highest BCUT2D eigenvalue weighted by Crippen LogP contribution is 2.25. The number of hydrogen-bond acceptors (Lipinski definition) is 6. The summed E-state index contributed by atoms with van der Waals surface area (Å²) in [6, 6.07) is 12.4. The fourth-order valence-electron chi connectivity index (χ4n) is 2.00. The van der Waals surface area contributed by atoms with Crippen LogP contribution in [0.3, 0.4) is 0 Å². The average Bonchev–Trinajstić information content (AvgIpc) is 2.66. The summed E-state index contributed by atoms with van der Waals surface area (Å²) in [5, 5.41) is 22.2. The highest BCUT2D eigenvalue weighted by molar-refractivity contribution is 6.32. The summed E-state index contributed by atoms with van der Waals surface area (Å²) in [6.07, 6.45) is 2.33. The number of nitro groups is 1. The van der Waals surface area contributed by atoms with Crippen LogP contribution in [0.4, 0.5) is 11.4 Å². The van der Waals surface area contributed by atoms with E-state index in [1.807, 2.05) is 6.07 Å². The maximum atomic E-state index is 11.8. The molecule has 2 aromatic rings. The van der Waals surface area contributed by atoms with Gasteiger partial charge in [-0.3, -0.25) is 14.9 Å². The number of amides is 1. The normalized spacial score (nSPS) is 10.2. The molecule has 0 spiro atoms. The minimum atomic E-state index is -0.809. The van der Waals surface area contributed by atoms with Crippen molar-refractivity contribution in [2.45, 2.75) is 0 Å². The van der Waals surface area contributed by atoms with Gasteiger partial charge in [0.1, 0.15) is 11.1 Å². The Bertz CT molecular complexity index is 966. The number of hydrogen-bond donors (Lipinski definition) is 1. The topological polar surface area (TPSA) is 122 Å². The van der Waals surface area contributed by atoms with E-state index in [2.05, 4.69) is 5.32 Å². The molecule has 2 rings (SSSR count). The molecule has 0 radical (unpaired) electrons. The second-order valence-electron chi connectivity index (χ2n) is 5.11. The van der Waals surface area contributed by atoms with Crippen molar-refractivity contribution in [2.24, 2.45) is 0 Å². The summed E-state index contributed by atoms with van der Waals surface area (Å²) in [5.41, 5.74) is 0.671. The molecular formula is C18H12ClN3O5. The first-order valence-corrected chi connectivity index (χ1v) is 7.86. The molecule has 0 aromatic heterocycles. The van der Waals surface area contributed by atoms with Crippen molar-refractivity contribution >= 4 is 40.9 Å². The lowest BCUT2D eigenvalue weighted by molar-refractivity contribution is -0.384. The SMILES string of the molecule is N#Cc1ccccc1NC(=O)COC(=O)/C=C/c1ccc(Cl)c([N+](=O)[O-])c1. The zero-order chi connectivity index (χ0) is 19.8. The van der Waals surface area contributed by atoms with Crippen LogP contribution in [0.25, 0.3) is 6.08 Å². The van der Waals surface area contributed by atoms with Gasteiger partial charge in [0.15, 0.2) is 6.61 Å². The first-order valence-electron chi connectivity index (χ1n) is 7.48. The average molecular weight is 386 g/mol. The van der Waals surface area contributed by atoms with Gasteiger partial charge in [0.2, 0.25) is 0 Å². The summed E-state index contributed by atoms with van der Waals surface area (Å²) in [6.45, 7) is -0.552. The predicted octanol–water partition coefficient (Wildman–Crippen LogP) is 3.31. The Morgan fingerprint density at radius 3 is 2.74 bits per heavy atom. The first-order chi connectivity index (χ1) is 12.9. The van der Waals surface area contributed by atoms with Crippen LogP contribution < -0.4 is 5.32 Å². The van der Waals surface area contributed by atoms with Crippen LogP contribution >= 0.6 is 11.6 Å². The summed E-state index contributed by atoms with van der Waals surface area (Å²) in [4.78, 5) is 33.7. The first kappa shape index (κ1) is 19.6. The monoisotopic (exact) mass is 385 g/mol. The van der Waals surface area contributed by atoms with Crippen LogP contribution in [0.15, 0.2) is 48.5 Å². The van der Waals surface area contributed by atoms with Gasteiger partial charge >= 0.3 is 5.97 Å². The minimum absolute atomic E-state index is 0.0194. The zero-order valence-electron chi connectivity index (χ0n) is 13.7. The highest BCUT2D eigenvalue weighted by atomic mass is 35.5. The number of ether oxygens (including phenoxy) is 1. The largest absolute Gasteiger partial charge is 0.452 e. The van der Waals surface area contributed by atoms with Crippen LogP contribution in [0.1, 0.15) is 11.1 Å². The van der Waals surface area contributed by atoms with E-state index >= 15 is 0 Å².